The van der Waals surface area contributed by atoms with Crippen molar-refractivity contribution in [3.8, 4) is 22.5 Å². The molecule has 1 unspecified atom stereocenters. The predicted octanol–water partition coefficient (Wildman–Crippen LogP) is 9.30. The first-order chi connectivity index (χ1) is 25.7. The molecule has 6 aromatic rings. The zero-order valence-corrected chi connectivity index (χ0v) is 32.2. The summed E-state index contributed by atoms with van der Waals surface area (Å²) in [5.41, 5.74) is 6.31. The number of nitrogens with one attached hydrogen (secondary N) is 2. The molecule has 3 aromatic carbocycles. The predicted molar refractivity (Wildman–Crippen MR) is 210 cm³/mol. The van der Waals surface area contributed by atoms with Crippen LogP contribution in [0.1, 0.15) is 90.2 Å². The molecule has 54 heavy (non-hydrogen) atoms. The normalized spacial score (nSPS) is 21.5. The third-order valence-corrected chi connectivity index (χ3v) is 11.9. The number of imidazole rings is 2. The van der Waals surface area contributed by atoms with E-state index < -0.39 is 11.2 Å². The molecule has 3 aromatic heterocycles. The van der Waals surface area contributed by atoms with Crippen LogP contribution in [0.5, 0.6) is 0 Å². The summed E-state index contributed by atoms with van der Waals surface area (Å²) in [7, 11) is 0. The summed E-state index contributed by atoms with van der Waals surface area (Å²) in [6.07, 6.45) is 4.93. The van der Waals surface area contributed by atoms with Crippen molar-refractivity contribution in [1.29, 1.82) is 0 Å². The minimum Gasteiger partial charge on any atom is -0.444 e. The number of thioether (sulfide) groups is 1. The zero-order valence-electron chi connectivity index (χ0n) is 31.4. The topological polar surface area (TPSA) is 142 Å². The first-order valence-electron chi connectivity index (χ1n) is 18.7. The number of H-pyrrole nitrogens is 2. The number of hydrogen-bond acceptors (Lipinski definition) is 9. The van der Waals surface area contributed by atoms with E-state index in [0.29, 0.717) is 18.9 Å². The van der Waals surface area contributed by atoms with Gasteiger partial charge in [0.15, 0.2) is 5.82 Å². The van der Waals surface area contributed by atoms with Gasteiger partial charge in [-0.05, 0) is 121 Å². The maximum atomic E-state index is 13.0. The van der Waals surface area contributed by atoms with Crippen LogP contribution in [0, 0.1) is 0 Å². The van der Waals surface area contributed by atoms with Crippen LogP contribution in [-0.4, -0.2) is 81.1 Å². The van der Waals surface area contributed by atoms with E-state index in [0.717, 1.165) is 87.0 Å². The number of ether oxygens (including phenoxy) is 2. The van der Waals surface area contributed by atoms with Crippen molar-refractivity contribution in [2.75, 3.05) is 13.1 Å². The van der Waals surface area contributed by atoms with Crippen LogP contribution >= 0.6 is 11.8 Å². The number of benzene rings is 3. The lowest BCUT2D eigenvalue weighted by Crippen LogP contribution is -2.41. The third kappa shape index (κ3) is 6.31. The quantitative estimate of drug-likeness (QED) is 0.169. The van der Waals surface area contributed by atoms with Crippen LogP contribution in [-0.2, 0) is 9.47 Å². The number of carbonyl (C=O) groups is 2. The number of amides is 2. The summed E-state index contributed by atoms with van der Waals surface area (Å²) >= 11 is 1.78. The average molecular weight is 745 g/mol. The van der Waals surface area contributed by atoms with Gasteiger partial charge in [0.25, 0.3) is 0 Å². The Kier molecular flexibility index (Phi) is 7.97. The zero-order chi connectivity index (χ0) is 37.6. The van der Waals surface area contributed by atoms with E-state index in [9.17, 15) is 9.59 Å². The van der Waals surface area contributed by atoms with Gasteiger partial charge in [-0.1, -0.05) is 12.1 Å². The van der Waals surface area contributed by atoms with Crippen LogP contribution in [0.25, 0.3) is 55.5 Å². The number of aromatic amines is 2. The lowest BCUT2D eigenvalue weighted by atomic mass is 10.0. The van der Waals surface area contributed by atoms with E-state index in [1.807, 2.05) is 83.0 Å². The van der Waals surface area contributed by atoms with Crippen LogP contribution in [0.3, 0.4) is 0 Å². The van der Waals surface area contributed by atoms with Crippen molar-refractivity contribution in [3.63, 3.8) is 0 Å². The number of nitrogens with zero attached hydrogens (tertiary/aromatic N) is 6. The number of hydrogen-bond donors (Lipinski definition) is 2. The van der Waals surface area contributed by atoms with Crippen LogP contribution in [0.4, 0.5) is 9.59 Å². The Labute approximate surface area is 317 Å². The van der Waals surface area contributed by atoms with Crippen LogP contribution in [0.2, 0.25) is 0 Å². The van der Waals surface area contributed by atoms with E-state index in [2.05, 4.69) is 34.2 Å². The molecule has 1 spiro atoms. The molecule has 9 rings (SSSR count). The average Bonchev–Trinajstić information content (AvgIpc) is 3.64. The molecular weight excluding hydrogens is 701 g/mol. The molecule has 2 amide bonds. The third-order valence-electron chi connectivity index (χ3n) is 10.3. The maximum Gasteiger partial charge on any atom is 0.411 e. The summed E-state index contributed by atoms with van der Waals surface area (Å²) in [6.45, 7) is 12.7. The van der Waals surface area contributed by atoms with Gasteiger partial charge in [0.1, 0.15) is 27.7 Å². The fraction of sp³-hybridized carbons (Fsp3) is 0.415. The second-order valence-corrected chi connectivity index (χ2v) is 18.0. The second-order valence-electron chi connectivity index (χ2n) is 16.6. The maximum absolute atomic E-state index is 13.0. The van der Waals surface area contributed by atoms with Gasteiger partial charge in [0.05, 0.1) is 38.9 Å². The molecule has 0 bridgehead atoms. The molecule has 3 aliphatic heterocycles. The molecule has 278 valence electrons. The molecule has 13 heteroatoms. The minimum atomic E-state index is -0.557. The SMILES string of the molecule is CC(C)(C)OC(=O)N1CCC[C@H]1c1nc2ccc(-c3ncc4cc(-c5ccc6nc(C7S[C@@]78CCCN8C(=O)OC(C)(C)C)[nH]c6c5)ccc4n3)cc2[nH]1. The minimum absolute atomic E-state index is 0.0910. The van der Waals surface area contributed by atoms with E-state index in [1.54, 1.807) is 16.7 Å². The van der Waals surface area contributed by atoms with Crippen molar-refractivity contribution in [3.05, 3.63) is 72.4 Å². The Morgan fingerprint density at radius 3 is 2.13 bits per heavy atom. The van der Waals surface area contributed by atoms with Crippen LogP contribution in [0.15, 0.2) is 60.8 Å². The van der Waals surface area contributed by atoms with Gasteiger partial charge in [0.2, 0.25) is 0 Å². The first-order valence-corrected chi connectivity index (χ1v) is 19.6. The van der Waals surface area contributed by atoms with Gasteiger partial charge in [-0.3, -0.25) is 9.80 Å². The molecule has 2 N–H and O–H groups in total. The van der Waals surface area contributed by atoms with E-state index in [1.165, 1.54) is 0 Å². The molecule has 0 radical (unpaired) electrons. The van der Waals surface area contributed by atoms with Gasteiger partial charge >= 0.3 is 12.2 Å². The standard InChI is InChI=1S/C41H44N8O4S/c1-39(2,3)52-37(50)48-17-7-9-32(48)35-44-28-15-12-25(21-31(28)46-35)34-42-22-26-19-23(10-13-27(26)43-34)24-11-14-29-30(20-24)47-36(45-29)33-41(54-33)16-8-18-49(41)38(51)53-40(4,5)6/h10-15,19-22,32-33H,7-9,16-18H2,1-6H3,(H,44,46)(H,45,47)/t32-,33?,41-/m0/s1. The highest BCUT2D eigenvalue weighted by Crippen LogP contribution is 2.70. The van der Waals surface area contributed by atoms with E-state index in [-0.39, 0.29) is 28.3 Å². The molecule has 6 heterocycles. The highest BCUT2D eigenvalue weighted by molar-refractivity contribution is 8.08. The molecular formula is C41H44N8O4S. The molecule has 0 aliphatic carbocycles. The summed E-state index contributed by atoms with van der Waals surface area (Å²) in [5, 5.41) is 1.03. The van der Waals surface area contributed by atoms with Crippen molar-refractivity contribution in [2.24, 2.45) is 0 Å². The number of fused-ring (bicyclic) bond motifs is 3. The molecule has 3 aliphatic rings. The Morgan fingerprint density at radius 2 is 1.39 bits per heavy atom. The number of rotatable bonds is 4. The lowest BCUT2D eigenvalue weighted by molar-refractivity contribution is 0.0209. The second kappa shape index (κ2) is 12.4. The Morgan fingerprint density at radius 1 is 0.759 bits per heavy atom. The van der Waals surface area contributed by atoms with Gasteiger partial charge < -0.3 is 19.4 Å². The van der Waals surface area contributed by atoms with Crippen molar-refractivity contribution < 1.29 is 19.1 Å². The van der Waals surface area contributed by atoms with Gasteiger partial charge in [-0.25, -0.2) is 29.5 Å². The summed E-state index contributed by atoms with van der Waals surface area (Å²) in [6, 6.07) is 18.3. The van der Waals surface area contributed by atoms with Gasteiger partial charge in [-0.2, -0.15) is 0 Å². The van der Waals surface area contributed by atoms with Gasteiger partial charge in [-0.15, -0.1) is 11.8 Å². The molecule has 3 atom stereocenters. The molecule has 12 nitrogen and oxygen atoms in total. The Bertz CT molecular complexity index is 2460. The Hall–Kier alpha value is -5.17. The monoisotopic (exact) mass is 744 g/mol. The fourth-order valence-electron chi connectivity index (χ4n) is 7.81. The number of likely N-dealkylation sites (tertiary alicyclic amines) is 2. The van der Waals surface area contributed by atoms with E-state index >= 15 is 0 Å². The van der Waals surface area contributed by atoms with Gasteiger partial charge in [0, 0.05) is 30.2 Å². The highest BCUT2D eigenvalue weighted by Gasteiger charge is 2.65. The summed E-state index contributed by atoms with van der Waals surface area (Å²) in [4.78, 5) is 55.8. The number of aromatic nitrogens is 6. The van der Waals surface area contributed by atoms with Crippen molar-refractivity contribution >= 4 is 56.9 Å². The summed E-state index contributed by atoms with van der Waals surface area (Å²) < 4.78 is 11.4. The molecule has 0 saturated carbocycles. The molecule has 3 saturated heterocycles. The van der Waals surface area contributed by atoms with E-state index in [4.69, 9.17) is 29.4 Å². The summed E-state index contributed by atoms with van der Waals surface area (Å²) in [5.74, 6) is 2.28. The fourth-order valence-corrected chi connectivity index (χ4v) is 9.29. The number of carbonyl (C=O) groups excluding carboxylic acids is 2. The first kappa shape index (κ1) is 34.6. The Balaban J connectivity index is 0.928. The molecule has 3 fully saturated rings. The lowest BCUT2D eigenvalue weighted by Gasteiger charge is -2.28. The smallest absolute Gasteiger partial charge is 0.411 e. The van der Waals surface area contributed by atoms with Crippen molar-refractivity contribution in [2.45, 2.75) is 94.6 Å². The highest BCUT2D eigenvalue weighted by atomic mass is 32.2. The van der Waals surface area contributed by atoms with Crippen molar-refractivity contribution in [1.82, 2.24) is 39.7 Å². The largest absolute Gasteiger partial charge is 0.444 e. The van der Waals surface area contributed by atoms with Crippen LogP contribution < -0.4 is 0 Å².